The summed E-state index contributed by atoms with van der Waals surface area (Å²) in [6.45, 7) is 3.12. The molecule has 1 aliphatic heterocycles. The zero-order valence-electron chi connectivity index (χ0n) is 20.8. The number of ether oxygens (including phenoxy) is 1. The second-order valence-electron chi connectivity index (χ2n) is 9.04. The topological polar surface area (TPSA) is 154 Å². The van der Waals surface area contributed by atoms with Crippen molar-refractivity contribution in [3.63, 3.8) is 0 Å². The van der Waals surface area contributed by atoms with Crippen molar-refractivity contribution in [2.75, 3.05) is 25.4 Å². The number of carbonyl (C=O) groups excluding carboxylic acids is 2. The molecule has 1 saturated heterocycles. The lowest BCUT2D eigenvalue weighted by Gasteiger charge is -2.40. The minimum absolute atomic E-state index is 0.0681. The molecule has 0 radical (unpaired) electrons. The van der Waals surface area contributed by atoms with Crippen LogP contribution >= 0.6 is 11.8 Å². The fourth-order valence-electron chi connectivity index (χ4n) is 3.79. The summed E-state index contributed by atoms with van der Waals surface area (Å²) < 4.78 is 5.59. The molecule has 0 aromatic heterocycles. The molecule has 5 atom stereocenters. The van der Waals surface area contributed by atoms with Gasteiger partial charge < -0.3 is 36.4 Å². The molecule has 1 aliphatic rings. The van der Waals surface area contributed by atoms with Crippen molar-refractivity contribution in [3.05, 3.63) is 0 Å². The molecule has 0 saturated carbocycles. The number of hydrogen-bond acceptors (Lipinski definition) is 8. The highest BCUT2D eigenvalue weighted by Crippen LogP contribution is 2.28. The molecule has 0 aromatic rings. The molecule has 0 aromatic carbocycles. The number of aliphatic hydroxyl groups excluding tert-OH is 3. The lowest BCUT2D eigenvalue weighted by molar-refractivity contribution is -0.165. The zero-order chi connectivity index (χ0) is 25.2. The zero-order valence-corrected chi connectivity index (χ0v) is 21.6. The quantitative estimate of drug-likeness (QED) is 0.144. The van der Waals surface area contributed by atoms with E-state index in [1.54, 1.807) is 0 Å². The molecule has 0 bridgehead atoms. The van der Waals surface area contributed by atoms with Gasteiger partial charge in [-0.1, -0.05) is 39.0 Å². The predicted octanol–water partition coefficient (Wildman–Crippen LogP) is 1.42. The molecule has 2 amide bonds. The van der Waals surface area contributed by atoms with Gasteiger partial charge in [0.15, 0.2) is 0 Å². The summed E-state index contributed by atoms with van der Waals surface area (Å²) in [5.74, 6) is 0.980. The van der Waals surface area contributed by atoms with Crippen LogP contribution in [0, 0.1) is 0 Å². The minimum Gasteiger partial charge on any atom is -0.394 e. The maximum atomic E-state index is 11.9. The average molecular weight is 506 g/mol. The van der Waals surface area contributed by atoms with Crippen LogP contribution in [-0.2, 0) is 14.3 Å². The molecule has 1 fully saturated rings. The fourth-order valence-corrected chi connectivity index (χ4v) is 5.00. The highest BCUT2D eigenvalue weighted by Gasteiger charge is 2.42. The van der Waals surface area contributed by atoms with E-state index >= 15 is 0 Å². The van der Waals surface area contributed by atoms with E-state index in [-0.39, 0.29) is 18.4 Å². The Morgan fingerprint density at radius 1 is 0.853 bits per heavy atom. The molecule has 2 unspecified atom stereocenters. The molecule has 7 N–H and O–H groups in total. The Bertz CT molecular complexity index is 555. The smallest absolute Gasteiger partial charge is 0.219 e. The van der Waals surface area contributed by atoms with Crippen LogP contribution < -0.4 is 16.4 Å². The van der Waals surface area contributed by atoms with E-state index in [1.807, 2.05) is 0 Å². The second-order valence-corrected chi connectivity index (χ2v) is 10.2. The van der Waals surface area contributed by atoms with Crippen LogP contribution in [0.4, 0.5) is 0 Å². The van der Waals surface area contributed by atoms with E-state index in [1.165, 1.54) is 24.6 Å². The predicted molar refractivity (Wildman–Crippen MR) is 135 cm³/mol. The Hall–Kier alpha value is -0.910. The van der Waals surface area contributed by atoms with E-state index in [4.69, 9.17) is 10.5 Å². The van der Waals surface area contributed by atoms with Gasteiger partial charge in [0.1, 0.15) is 23.7 Å². The number of amides is 2. The van der Waals surface area contributed by atoms with E-state index in [0.29, 0.717) is 25.9 Å². The standard InChI is InChI=1S/C24H47N3O6S/c1-2-3-4-7-12-19(29)26-14-9-5-8-13-20(30)27-15-10-6-11-16-34-24-21(25)23(32)22(31)18(17-28)33-24/h18,21-24,28,31-32H,2-17,25H2,1H3,(H,26,29)(H,27,30)/t18?,21?,22-,23+,24+/m1/s1. The Balaban J connectivity index is 1.94. The van der Waals surface area contributed by atoms with Crippen molar-refractivity contribution in [3.8, 4) is 0 Å². The highest BCUT2D eigenvalue weighted by atomic mass is 32.2. The van der Waals surface area contributed by atoms with Crippen molar-refractivity contribution in [1.29, 1.82) is 0 Å². The SMILES string of the molecule is CCCCCCC(=O)NCCCCCC(=O)NCCCCCS[C@@H]1OC(CO)[C@@H](O)[C@@H](O)C1N. The summed E-state index contributed by atoms with van der Waals surface area (Å²) in [5, 5.41) is 34.9. The first-order chi connectivity index (χ1) is 16.4. The lowest BCUT2D eigenvalue weighted by atomic mass is 9.99. The first kappa shape index (κ1) is 31.1. The number of hydrogen-bond donors (Lipinski definition) is 6. The summed E-state index contributed by atoms with van der Waals surface area (Å²) >= 11 is 1.48. The van der Waals surface area contributed by atoms with Crippen LogP contribution in [0.25, 0.3) is 0 Å². The highest BCUT2D eigenvalue weighted by molar-refractivity contribution is 7.99. The van der Waals surface area contributed by atoms with Gasteiger partial charge in [0.25, 0.3) is 0 Å². The molecular weight excluding hydrogens is 458 g/mol. The van der Waals surface area contributed by atoms with Gasteiger partial charge in [-0.05, 0) is 37.9 Å². The van der Waals surface area contributed by atoms with E-state index in [2.05, 4.69) is 17.6 Å². The van der Waals surface area contributed by atoms with Crippen molar-refractivity contribution in [2.45, 2.75) is 114 Å². The summed E-state index contributed by atoms with van der Waals surface area (Å²) in [7, 11) is 0. The van der Waals surface area contributed by atoms with Gasteiger partial charge in [0, 0.05) is 25.9 Å². The van der Waals surface area contributed by atoms with Gasteiger partial charge in [-0.25, -0.2) is 0 Å². The average Bonchev–Trinajstić information content (AvgIpc) is 2.83. The molecular formula is C24H47N3O6S. The third kappa shape index (κ3) is 13.3. The molecule has 0 spiro atoms. The van der Waals surface area contributed by atoms with Crippen LogP contribution in [-0.4, -0.2) is 82.4 Å². The van der Waals surface area contributed by atoms with Gasteiger partial charge in [-0.3, -0.25) is 9.59 Å². The van der Waals surface area contributed by atoms with E-state index < -0.39 is 29.8 Å². The maximum absolute atomic E-state index is 11.9. The third-order valence-corrected chi connectivity index (χ3v) is 7.29. The number of rotatable bonds is 19. The third-order valence-electron chi connectivity index (χ3n) is 6.01. The van der Waals surface area contributed by atoms with Crippen LogP contribution in [0.15, 0.2) is 0 Å². The Morgan fingerprint density at radius 3 is 1.97 bits per heavy atom. The molecule has 10 heteroatoms. The Kier molecular flexibility index (Phi) is 17.7. The van der Waals surface area contributed by atoms with Gasteiger partial charge >= 0.3 is 0 Å². The molecule has 9 nitrogen and oxygen atoms in total. The molecule has 34 heavy (non-hydrogen) atoms. The largest absolute Gasteiger partial charge is 0.394 e. The van der Waals surface area contributed by atoms with Crippen LogP contribution in [0.1, 0.15) is 84.0 Å². The van der Waals surface area contributed by atoms with Gasteiger partial charge in [-0.2, -0.15) is 0 Å². The minimum atomic E-state index is -1.17. The second kappa shape index (κ2) is 19.3. The summed E-state index contributed by atoms with van der Waals surface area (Å²) in [4.78, 5) is 23.6. The van der Waals surface area contributed by atoms with Crippen LogP contribution in [0.5, 0.6) is 0 Å². The summed E-state index contributed by atoms with van der Waals surface area (Å²) in [6, 6.07) is -0.700. The summed E-state index contributed by atoms with van der Waals surface area (Å²) in [6.07, 6.45) is 7.85. The van der Waals surface area contributed by atoms with E-state index in [0.717, 1.165) is 57.1 Å². The summed E-state index contributed by atoms with van der Waals surface area (Å²) in [5.41, 5.74) is 5.47. The van der Waals surface area contributed by atoms with Crippen LogP contribution in [0.2, 0.25) is 0 Å². The van der Waals surface area contributed by atoms with E-state index in [9.17, 15) is 24.9 Å². The number of carbonyl (C=O) groups is 2. The van der Waals surface area contributed by atoms with Gasteiger partial charge in [0.05, 0.1) is 12.6 Å². The number of aliphatic hydroxyl groups is 3. The number of thioether (sulfide) groups is 1. The normalized spacial score (nSPS) is 24.7. The number of nitrogens with two attached hydrogens (primary N) is 1. The van der Waals surface area contributed by atoms with Crippen molar-refractivity contribution in [1.82, 2.24) is 10.6 Å². The first-order valence-electron chi connectivity index (χ1n) is 12.9. The lowest BCUT2D eigenvalue weighted by Crippen LogP contribution is -2.60. The van der Waals surface area contributed by atoms with Crippen LogP contribution in [0.3, 0.4) is 0 Å². The molecule has 200 valence electrons. The number of nitrogens with one attached hydrogen (secondary N) is 2. The van der Waals surface area contributed by atoms with Crippen molar-refractivity contribution in [2.24, 2.45) is 5.73 Å². The fraction of sp³-hybridized carbons (Fsp3) is 0.917. The maximum Gasteiger partial charge on any atom is 0.219 e. The first-order valence-corrected chi connectivity index (χ1v) is 14.0. The molecule has 1 rings (SSSR count). The van der Waals surface area contributed by atoms with Gasteiger partial charge in [-0.15, -0.1) is 11.8 Å². The number of unbranched alkanes of at least 4 members (excludes halogenated alkanes) is 7. The monoisotopic (exact) mass is 505 g/mol. The molecule has 0 aliphatic carbocycles. The molecule has 1 heterocycles. The van der Waals surface area contributed by atoms with Crippen molar-refractivity contribution >= 4 is 23.6 Å². The van der Waals surface area contributed by atoms with Crippen molar-refractivity contribution < 1.29 is 29.6 Å². The Morgan fingerprint density at radius 2 is 1.41 bits per heavy atom. The van der Waals surface area contributed by atoms with Gasteiger partial charge in [0.2, 0.25) is 11.8 Å². The Labute approximate surface area is 209 Å².